The molecule has 0 bridgehead atoms. The molecule has 2 atom stereocenters. The molecule has 0 saturated carbocycles. The summed E-state index contributed by atoms with van der Waals surface area (Å²) < 4.78 is 14.1. The Hall–Kier alpha value is -3.71. The average Bonchev–Trinajstić information content (AvgIpc) is 3.30. The number of nitrogens with one attached hydrogen (secondary N) is 1. The van der Waals surface area contributed by atoms with Gasteiger partial charge in [-0.05, 0) is 48.6 Å². The molecule has 2 aliphatic heterocycles. The SMILES string of the molecule is COc1ccc([C@H]2C3=C(Nc4nc(SC)nn42)c2ccccc2O[C@H]3c2ccc(C)cc2)cc1. The molecule has 0 fully saturated rings. The van der Waals surface area contributed by atoms with Crippen molar-refractivity contribution in [2.24, 2.45) is 0 Å². The van der Waals surface area contributed by atoms with Gasteiger partial charge in [-0.2, -0.15) is 4.98 Å². The smallest absolute Gasteiger partial charge is 0.227 e. The molecular formula is C27H24N4O2S. The lowest BCUT2D eigenvalue weighted by molar-refractivity contribution is 0.223. The minimum atomic E-state index is -0.278. The molecule has 34 heavy (non-hydrogen) atoms. The molecule has 1 aromatic heterocycles. The van der Waals surface area contributed by atoms with E-state index in [9.17, 15) is 0 Å². The van der Waals surface area contributed by atoms with Crippen LogP contribution in [0.1, 0.15) is 34.4 Å². The lowest BCUT2D eigenvalue weighted by Crippen LogP contribution is -2.32. The molecule has 3 heterocycles. The highest BCUT2D eigenvalue weighted by Gasteiger charge is 2.41. The molecule has 0 spiro atoms. The Morgan fingerprint density at radius 1 is 0.971 bits per heavy atom. The second kappa shape index (κ2) is 8.25. The van der Waals surface area contributed by atoms with E-state index in [1.54, 1.807) is 7.11 Å². The minimum absolute atomic E-state index is 0.190. The van der Waals surface area contributed by atoms with Gasteiger partial charge in [0.05, 0.1) is 12.8 Å². The van der Waals surface area contributed by atoms with E-state index in [0.29, 0.717) is 0 Å². The minimum Gasteiger partial charge on any atom is -0.497 e. The zero-order valence-electron chi connectivity index (χ0n) is 19.1. The zero-order valence-corrected chi connectivity index (χ0v) is 20.0. The molecule has 4 aromatic rings. The summed E-state index contributed by atoms with van der Waals surface area (Å²) in [5.41, 5.74) is 6.57. The largest absolute Gasteiger partial charge is 0.497 e. The molecule has 0 amide bonds. The summed E-state index contributed by atoms with van der Waals surface area (Å²) in [5, 5.41) is 9.16. The van der Waals surface area contributed by atoms with E-state index in [1.807, 2.05) is 41.3 Å². The van der Waals surface area contributed by atoms with Gasteiger partial charge in [0.1, 0.15) is 23.6 Å². The van der Waals surface area contributed by atoms with E-state index in [1.165, 1.54) is 17.3 Å². The molecule has 0 radical (unpaired) electrons. The molecule has 0 aliphatic carbocycles. The highest BCUT2D eigenvalue weighted by molar-refractivity contribution is 7.98. The lowest BCUT2D eigenvalue weighted by Gasteiger charge is -2.39. The van der Waals surface area contributed by atoms with Crippen molar-refractivity contribution in [1.82, 2.24) is 14.8 Å². The normalized spacial score (nSPS) is 18.3. The summed E-state index contributed by atoms with van der Waals surface area (Å²) in [4.78, 5) is 4.76. The van der Waals surface area contributed by atoms with Crippen LogP contribution >= 0.6 is 11.8 Å². The third-order valence-electron chi connectivity index (χ3n) is 6.35. The third-order valence-corrected chi connectivity index (χ3v) is 6.89. The predicted octanol–water partition coefficient (Wildman–Crippen LogP) is 5.88. The molecule has 6 nitrogen and oxygen atoms in total. The fraction of sp³-hybridized carbons (Fsp3) is 0.185. The number of aromatic nitrogens is 3. The lowest BCUT2D eigenvalue weighted by atomic mass is 9.84. The Balaban J connectivity index is 1.61. The van der Waals surface area contributed by atoms with Crippen molar-refractivity contribution in [2.45, 2.75) is 24.2 Å². The van der Waals surface area contributed by atoms with Crippen LogP contribution in [0.15, 0.2) is 83.5 Å². The fourth-order valence-electron chi connectivity index (χ4n) is 4.67. The van der Waals surface area contributed by atoms with Crippen LogP contribution in [0.5, 0.6) is 11.5 Å². The number of para-hydroxylation sites is 1. The number of rotatable bonds is 4. The molecule has 7 heteroatoms. The molecule has 170 valence electrons. The Kier molecular flexibility index (Phi) is 5.07. The van der Waals surface area contributed by atoms with Gasteiger partial charge in [0.2, 0.25) is 11.1 Å². The topological polar surface area (TPSA) is 61.2 Å². The number of methoxy groups -OCH3 is 1. The standard InChI is InChI=1S/C27H24N4O2S/c1-16-8-10-18(11-9-16)25-22-23(20-6-4-5-7-21(20)33-25)28-26-29-27(34-3)30-31(26)24(22)17-12-14-19(32-2)15-13-17/h4-15,24-25H,1-3H3,(H,28,29,30)/t24-,25-/m0/s1. The Morgan fingerprint density at radius 2 is 1.71 bits per heavy atom. The third kappa shape index (κ3) is 3.35. The molecule has 0 saturated heterocycles. The van der Waals surface area contributed by atoms with Gasteiger partial charge in [-0.3, -0.25) is 0 Å². The van der Waals surface area contributed by atoms with Gasteiger partial charge in [-0.25, -0.2) is 4.68 Å². The second-order valence-electron chi connectivity index (χ2n) is 8.40. The average molecular weight is 469 g/mol. The Bertz CT molecular complexity index is 1390. The van der Waals surface area contributed by atoms with Crippen molar-refractivity contribution in [1.29, 1.82) is 0 Å². The summed E-state index contributed by atoms with van der Waals surface area (Å²) in [6.07, 6.45) is 1.71. The molecule has 3 aromatic carbocycles. The van der Waals surface area contributed by atoms with Crippen LogP contribution in [0.2, 0.25) is 0 Å². The van der Waals surface area contributed by atoms with Crippen LogP contribution in [0, 0.1) is 6.92 Å². The first-order chi connectivity index (χ1) is 16.7. The number of hydrogen-bond acceptors (Lipinski definition) is 6. The highest BCUT2D eigenvalue weighted by atomic mass is 32.2. The number of aryl methyl sites for hydroxylation is 1. The first-order valence-corrected chi connectivity index (χ1v) is 12.4. The van der Waals surface area contributed by atoms with Crippen molar-refractivity contribution in [3.05, 3.63) is 101 Å². The van der Waals surface area contributed by atoms with E-state index in [4.69, 9.17) is 19.6 Å². The predicted molar refractivity (Wildman–Crippen MR) is 134 cm³/mol. The van der Waals surface area contributed by atoms with Gasteiger partial charge in [0.25, 0.3) is 0 Å². The van der Waals surface area contributed by atoms with Crippen LogP contribution in [0.3, 0.4) is 0 Å². The maximum Gasteiger partial charge on any atom is 0.227 e. The van der Waals surface area contributed by atoms with Crippen molar-refractivity contribution in [3.63, 3.8) is 0 Å². The summed E-state index contributed by atoms with van der Waals surface area (Å²) in [6.45, 7) is 2.10. The van der Waals surface area contributed by atoms with Crippen LogP contribution in [-0.4, -0.2) is 28.1 Å². The Labute approximate surface area is 202 Å². The number of nitrogens with zero attached hydrogens (tertiary/aromatic N) is 3. The Morgan fingerprint density at radius 3 is 2.44 bits per heavy atom. The monoisotopic (exact) mass is 468 g/mol. The number of ether oxygens (including phenoxy) is 2. The molecule has 2 aliphatic rings. The van der Waals surface area contributed by atoms with Crippen LogP contribution in [0.4, 0.5) is 5.95 Å². The highest BCUT2D eigenvalue weighted by Crippen LogP contribution is 2.50. The van der Waals surface area contributed by atoms with Gasteiger partial charge >= 0.3 is 0 Å². The quantitative estimate of drug-likeness (QED) is 0.378. The van der Waals surface area contributed by atoms with Gasteiger partial charge in [0, 0.05) is 11.1 Å². The molecule has 0 unspecified atom stereocenters. The first-order valence-electron chi connectivity index (χ1n) is 11.1. The van der Waals surface area contributed by atoms with Gasteiger partial charge in [0.15, 0.2) is 0 Å². The molecular weight excluding hydrogens is 444 g/mol. The van der Waals surface area contributed by atoms with Crippen LogP contribution < -0.4 is 14.8 Å². The van der Waals surface area contributed by atoms with Crippen molar-refractivity contribution >= 4 is 23.4 Å². The van der Waals surface area contributed by atoms with E-state index >= 15 is 0 Å². The van der Waals surface area contributed by atoms with Crippen molar-refractivity contribution in [3.8, 4) is 11.5 Å². The molecule has 1 N–H and O–H groups in total. The van der Waals surface area contributed by atoms with Crippen molar-refractivity contribution < 1.29 is 9.47 Å². The number of benzene rings is 3. The van der Waals surface area contributed by atoms with Gasteiger partial charge in [-0.1, -0.05) is 65.9 Å². The zero-order chi connectivity index (χ0) is 23.2. The van der Waals surface area contributed by atoms with E-state index in [-0.39, 0.29) is 12.1 Å². The van der Waals surface area contributed by atoms with E-state index in [0.717, 1.165) is 50.6 Å². The summed E-state index contributed by atoms with van der Waals surface area (Å²) in [6, 6.07) is 24.7. The van der Waals surface area contributed by atoms with Crippen LogP contribution in [0.25, 0.3) is 5.70 Å². The first kappa shape index (κ1) is 20.9. The number of thioether (sulfide) groups is 1. The molecule has 6 rings (SSSR count). The summed E-state index contributed by atoms with van der Waals surface area (Å²) >= 11 is 1.53. The van der Waals surface area contributed by atoms with E-state index in [2.05, 4.69) is 54.7 Å². The van der Waals surface area contributed by atoms with Crippen molar-refractivity contribution in [2.75, 3.05) is 18.7 Å². The number of anilines is 1. The maximum absolute atomic E-state index is 6.68. The van der Waals surface area contributed by atoms with Crippen LogP contribution in [-0.2, 0) is 0 Å². The number of hydrogen-bond donors (Lipinski definition) is 1. The maximum atomic E-state index is 6.68. The summed E-state index contributed by atoms with van der Waals surface area (Å²) in [7, 11) is 1.68. The van der Waals surface area contributed by atoms with E-state index < -0.39 is 0 Å². The number of fused-ring (bicyclic) bond motifs is 3. The van der Waals surface area contributed by atoms with Gasteiger partial charge in [-0.15, -0.1) is 5.10 Å². The second-order valence-corrected chi connectivity index (χ2v) is 9.18. The fourth-order valence-corrected chi connectivity index (χ4v) is 5.01. The summed E-state index contributed by atoms with van der Waals surface area (Å²) in [5.74, 6) is 2.39. The van der Waals surface area contributed by atoms with Gasteiger partial charge < -0.3 is 14.8 Å².